The summed E-state index contributed by atoms with van der Waals surface area (Å²) in [4.78, 5) is 20.4. The van der Waals surface area contributed by atoms with E-state index >= 15 is 0 Å². The van der Waals surface area contributed by atoms with E-state index < -0.39 is 16.1 Å². The smallest absolute Gasteiger partial charge is 0.253 e. The van der Waals surface area contributed by atoms with Crippen LogP contribution < -0.4 is 10.2 Å². The number of nitrogens with zero attached hydrogens (tertiary/aromatic N) is 3. The number of thiophene rings is 1. The lowest BCUT2D eigenvalue weighted by Gasteiger charge is -2.25. The Morgan fingerprint density at radius 2 is 1.97 bits per heavy atom. The van der Waals surface area contributed by atoms with Gasteiger partial charge in [0.15, 0.2) is 0 Å². The fourth-order valence-electron chi connectivity index (χ4n) is 4.78. The van der Waals surface area contributed by atoms with Crippen LogP contribution in [0.2, 0.25) is 4.34 Å². The third kappa shape index (κ3) is 5.45. The summed E-state index contributed by atoms with van der Waals surface area (Å²) < 4.78 is 28.0. The summed E-state index contributed by atoms with van der Waals surface area (Å²) in [5, 5.41) is 2.95. The maximum atomic E-state index is 13.2. The second kappa shape index (κ2) is 10.6. The van der Waals surface area contributed by atoms with E-state index in [2.05, 4.69) is 48.3 Å². The average molecular weight is 557 g/mol. The van der Waals surface area contributed by atoms with Gasteiger partial charge < -0.3 is 10.2 Å². The van der Waals surface area contributed by atoms with Crippen LogP contribution in [0.25, 0.3) is 11.3 Å². The molecular formula is C27H29ClN4O3S2. The number of aryl methyl sites for hydroxylation is 1. The second-order valence-electron chi connectivity index (χ2n) is 9.49. The molecule has 3 aromatic rings. The van der Waals surface area contributed by atoms with Gasteiger partial charge in [0.1, 0.15) is 16.1 Å². The minimum absolute atomic E-state index is 0.125. The highest BCUT2D eigenvalue weighted by molar-refractivity contribution is 7.91. The van der Waals surface area contributed by atoms with Gasteiger partial charge in [-0.2, -0.15) is 4.31 Å². The molecule has 1 aromatic carbocycles. The number of anilines is 1. The van der Waals surface area contributed by atoms with Crippen molar-refractivity contribution in [2.24, 2.45) is 0 Å². The Morgan fingerprint density at radius 1 is 1.19 bits per heavy atom. The highest BCUT2D eigenvalue weighted by atomic mass is 35.5. The topological polar surface area (TPSA) is 82.6 Å². The molecule has 0 radical (unpaired) electrons. The minimum Gasteiger partial charge on any atom is -0.354 e. The van der Waals surface area contributed by atoms with Gasteiger partial charge in [0.2, 0.25) is 5.91 Å². The minimum atomic E-state index is -3.84. The molecule has 5 rings (SSSR count). The Hall–Kier alpha value is -2.72. The zero-order valence-corrected chi connectivity index (χ0v) is 23.1. The molecule has 1 unspecified atom stereocenters. The molecule has 0 bridgehead atoms. The van der Waals surface area contributed by atoms with Crippen LogP contribution in [-0.2, 0) is 21.4 Å². The van der Waals surface area contributed by atoms with Crippen molar-refractivity contribution in [1.29, 1.82) is 0 Å². The molecule has 1 saturated heterocycles. The SMILES string of the molecule is Cc1ccc(-c2cc(CNC(=O)[C@@H]3C=CCN3S(=O)(=O)c3ccc(Cl)s3)cc(N3CCCC3C)n2)cc1. The predicted molar refractivity (Wildman–Crippen MR) is 148 cm³/mol. The number of halogens is 1. The van der Waals surface area contributed by atoms with Crippen molar-refractivity contribution in [2.75, 3.05) is 18.0 Å². The van der Waals surface area contributed by atoms with Gasteiger partial charge in [-0.1, -0.05) is 53.6 Å². The average Bonchev–Trinajstić information content (AvgIpc) is 3.64. The number of rotatable bonds is 7. The van der Waals surface area contributed by atoms with E-state index in [1.54, 1.807) is 18.2 Å². The lowest BCUT2D eigenvalue weighted by atomic mass is 10.1. The molecule has 2 aliphatic heterocycles. The van der Waals surface area contributed by atoms with Crippen molar-refractivity contribution in [1.82, 2.24) is 14.6 Å². The Morgan fingerprint density at radius 3 is 2.65 bits per heavy atom. The molecule has 1 N–H and O–H groups in total. The fraction of sp³-hybridized carbons (Fsp3) is 0.333. The van der Waals surface area contributed by atoms with E-state index in [9.17, 15) is 13.2 Å². The zero-order chi connectivity index (χ0) is 26.2. The molecule has 37 heavy (non-hydrogen) atoms. The van der Waals surface area contributed by atoms with Crippen LogP contribution in [0, 0.1) is 6.92 Å². The number of nitrogens with one attached hydrogen (secondary N) is 1. The Bertz CT molecular complexity index is 1440. The first-order valence-electron chi connectivity index (χ1n) is 12.3. The number of pyridine rings is 1. The van der Waals surface area contributed by atoms with Gasteiger partial charge in [-0.25, -0.2) is 13.4 Å². The van der Waals surface area contributed by atoms with E-state index in [-0.39, 0.29) is 23.2 Å². The van der Waals surface area contributed by atoms with Crippen molar-refractivity contribution >= 4 is 44.7 Å². The third-order valence-electron chi connectivity index (χ3n) is 6.83. The van der Waals surface area contributed by atoms with Crippen LogP contribution >= 0.6 is 22.9 Å². The van der Waals surface area contributed by atoms with E-state index in [1.807, 2.05) is 12.1 Å². The number of carbonyl (C=O) groups excluding carboxylic acids is 1. The van der Waals surface area contributed by atoms with Crippen LogP contribution in [0.15, 0.2) is 64.9 Å². The molecule has 7 nitrogen and oxygen atoms in total. The zero-order valence-electron chi connectivity index (χ0n) is 20.7. The molecule has 2 aromatic heterocycles. The summed E-state index contributed by atoms with van der Waals surface area (Å²) in [7, 11) is -3.84. The van der Waals surface area contributed by atoms with E-state index in [4.69, 9.17) is 16.6 Å². The van der Waals surface area contributed by atoms with Crippen LogP contribution in [-0.4, -0.2) is 48.8 Å². The Kier molecular flexibility index (Phi) is 7.40. The lowest BCUT2D eigenvalue weighted by Crippen LogP contribution is -2.45. The summed E-state index contributed by atoms with van der Waals surface area (Å²) in [5.41, 5.74) is 3.95. The summed E-state index contributed by atoms with van der Waals surface area (Å²) in [6.45, 7) is 5.60. The Labute approximate surface area is 226 Å². The van der Waals surface area contributed by atoms with Crippen molar-refractivity contribution in [3.05, 3.63) is 76.1 Å². The summed E-state index contributed by atoms with van der Waals surface area (Å²) in [6.07, 6.45) is 5.57. The maximum Gasteiger partial charge on any atom is 0.253 e. The molecule has 0 aliphatic carbocycles. The van der Waals surface area contributed by atoms with Gasteiger partial charge in [0, 0.05) is 31.2 Å². The highest BCUT2D eigenvalue weighted by Crippen LogP contribution is 2.31. The summed E-state index contributed by atoms with van der Waals surface area (Å²) in [6, 6.07) is 14.7. The van der Waals surface area contributed by atoms with Crippen molar-refractivity contribution in [3.63, 3.8) is 0 Å². The number of amides is 1. The highest BCUT2D eigenvalue weighted by Gasteiger charge is 2.37. The van der Waals surface area contributed by atoms with Crippen molar-refractivity contribution < 1.29 is 13.2 Å². The fourth-order valence-corrected chi connectivity index (χ4v) is 7.89. The molecule has 1 amide bonds. The van der Waals surface area contributed by atoms with Crippen LogP contribution in [0.1, 0.15) is 30.9 Å². The lowest BCUT2D eigenvalue weighted by molar-refractivity contribution is -0.123. The van der Waals surface area contributed by atoms with Gasteiger partial charge in [0.25, 0.3) is 10.0 Å². The number of sulfonamides is 1. The van der Waals surface area contributed by atoms with Crippen molar-refractivity contribution in [3.8, 4) is 11.3 Å². The van der Waals surface area contributed by atoms with Crippen molar-refractivity contribution in [2.45, 2.75) is 49.5 Å². The summed E-state index contributed by atoms with van der Waals surface area (Å²) >= 11 is 6.94. The molecule has 0 saturated carbocycles. The van der Waals surface area contributed by atoms with Gasteiger partial charge >= 0.3 is 0 Å². The monoisotopic (exact) mass is 556 g/mol. The molecular weight excluding hydrogens is 528 g/mol. The molecule has 1 fully saturated rings. The van der Waals surface area contributed by atoms with Gasteiger partial charge in [0.05, 0.1) is 10.0 Å². The Balaban J connectivity index is 1.37. The molecule has 0 spiro atoms. The van der Waals surface area contributed by atoms with Crippen LogP contribution in [0.3, 0.4) is 0 Å². The molecule has 4 heterocycles. The number of aromatic nitrogens is 1. The van der Waals surface area contributed by atoms with E-state index in [0.717, 1.165) is 53.4 Å². The number of benzene rings is 1. The molecule has 2 atom stereocenters. The molecule has 194 valence electrons. The quantitative estimate of drug-likeness (QED) is 0.414. The van der Waals surface area contributed by atoms with E-state index in [1.165, 1.54) is 15.9 Å². The maximum absolute atomic E-state index is 13.2. The first kappa shape index (κ1) is 25.9. The van der Waals surface area contributed by atoms with Gasteiger partial charge in [-0.05, 0) is 56.5 Å². The molecule has 10 heteroatoms. The second-order valence-corrected chi connectivity index (χ2v) is 13.3. The first-order chi connectivity index (χ1) is 17.7. The van der Waals surface area contributed by atoms with Gasteiger partial charge in [-0.15, -0.1) is 11.3 Å². The largest absolute Gasteiger partial charge is 0.354 e. The van der Waals surface area contributed by atoms with Crippen LogP contribution in [0.5, 0.6) is 0 Å². The predicted octanol–water partition coefficient (Wildman–Crippen LogP) is 5.01. The molecule has 2 aliphatic rings. The summed E-state index contributed by atoms with van der Waals surface area (Å²) in [5.74, 6) is 0.525. The normalized spacial score (nSPS) is 20.0. The third-order valence-corrected chi connectivity index (χ3v) is 10.4. The van der Waals surface area contributed by atoms with E-state index in [0.29, 0.717) is 10.4 Å². The van der Waals surface area contributed by atoms with Gasteiger partial charge in [-0.3, -0.25) is 4.79 Å². The first-order valence-corrected chi connectivity index (χ1v) is 14.9. The number of carbonyl (C=O) groups is 1. The number of hydrogen-bond acceptors (Lipinski definition) is 6. The number of hydrogen-bond donors (Lipinski definition) is 1. The van der Waals surface area contributed by atoms with Crippen LogP contribution in [0.4, 0.5) is 5.82 Å². The standard InChI is InChI=1S/C27H29ClN4O3S2/c1-18-7-9-21(10-8-18)22-15-20(16-25(30-22)31-13-3-5-19(31)2)17-29-27(33)23-6-4-14-32(23)37(34,35)26-12-11-24(28)36-26/h4,6-12,15-16,19,23H,3,5,13-14,17H2,1-2H3,(H,29,33)/t19?,23-/m0/s1.